The van der Waals surface area contributed by atoms with Crippen molar-refractivity contribution in [1.82, 2.24) is 4.98 Å². The van der Waals surface area contributed by atoms with E-state index in [1.165, 1.54) is 11.8 Å². The number of ether oxygens (including phenoxy) is 1. The summed E-state index contributed by atoms with van der Waals surface area (Å²) >= 11 is 7.64. The smallest absolute Gasteiger partial charge is 0.256 e. The highest BCUT2D eigenvalue weighted by Gasteiger charge is 2.17. The second-order valence-electron chi connectivity index (χ2n) is 6.02. The minimum absolute atomic E-state index is 0.512. The Hall–Kier alpha value is -2.69. The van der Waals surface area contributed by atoms with E-state index in [-0.39, 0.29) is 0 Å². The van der Waals surface area contributed by atoms with E-state index in [1.807, 2.05) is 84.9 Å². The first-order valence-corrected chi connectivity index (χ1v) is 10.3. The lowest BCUT2D eigenvalue weighted by Crippen LogP contribution is -2.00. The van der Waals surface area contributed by atoms with Gasteiger partial charge in [0.25, 0.3) is 5.22 Å². The lowest BCUT2D eigenvalue weighted by atomic mass is 10.1. The predicted molar refractivity (Wildman–Crippen MR) is 115 cm³/mol. The van der Waals surface area contributed by atoms with E-state index in [2.05, 4.69) is 0 Å². The quantitative estimate of drug-likeness (QED) is 0.248. The molecule has 140 valence electrons. The van der Waals surface area contributed by atoms with Crippen molar-refractivity contribution in [3.05, 3.63) is 90.0 Å². The fraction of sp³-hybridized carbons (Fsp3) is 0.0870. The Balaban J connectivity index is 1.50. The monoisotopic (exact) mass is 407 g/mol. The summed E-state index contributed by atoms with van der Waals surface area (Å²) < 4.78 is 11.8. The predicted octanol–water partition coefficient (Wildman–Crippen LogP) is 6.83. The number of para-hydroxylation sites is 1. The van der Waals surface area contributed by atoms with Crippen LogP contribution in [-0.4, -0.2) is 17.3 Å². The van der Waals surface area contributed by atoms with Gasteiger partial charge in [-0.2, -0.15) is 0 Å². The average Bonchev–Trinajstić information content (AvgIpc) is 3.18. The third kappa shape index (κ3) is 4.41. The SMILES string of the molecule is Clc1ccccc1OCCSc1nc(-c2ccccc2)c(-c2ccccc2)o1. The van der Waals surface area contributed by atoms with Crippen LogP contribution in [0, 0.1) is 0 Å². The molecule has 0 unspecified atom stereocenters. The first-order chi connectivity index (χ1) is 13.8. The van der Waals surface area contributed by atoms with Gasteiger partial charge < -0.3 is 9.15 Å². The van der Waals surface area contributed by atoms with Crippen molar-refractivity contribution >= 4 is 23.4 Å². The number of hydrogen-bond acceptors (Lipinski definition) is 4. The van der Waals surface area contributed by atoms with Crippen molar-refractivity contribution in [2.24, 2.45) is 0 Å². The number of hydrogen-bond donors (Lipinski definition) is 0. The zero-order chi connectivity index (χ0) is 19.2. The molecule has 0 bridgehead atoms. The van der Waals surface area contributed by atoms with Crippen molar-refractivity contribution in [2.45, 2.75) is 5.22 Å². The molecule has 1 heterocycles. The van der Waals surface area contributed by atoms with Crippen molar-refractivity contribution in [3.8, 4) is 28.3 Å². The average molecular weight is 408 g/mol. The van der Waals surface area contributed by atoms with E-state index in [0.29, 0.717) is 28.4 Å². The minimum Gasteiger partial charge on any atom is -0.491 e. The third-order valence-electron chi connectivity index (χ3n) is 4.09. The molecule has 4 rings (SSSR count). The van der Waals surface area contributed by atoms with E-state index in [1.54, 1.807) is 0 Å². The molecule has 0 radical (unpaired) electrons. The van der Waals surface area contributed by atoms with Crippen molar-refractivity contribution in [3.63, 3.8) is 0 Å². The van der Waals surface area contributed by atoms with Gasteiger partial charge in [0, 0.05) is 16.9 Å². The Bertz CT molecular complexity index is 978. The van der Waals surface area contributed by atoms with Gasteiger partial charge >= 0.3 is 0 Å². The standard InChI is InChI=1S/C23H18ClNO2S/c24-19-13-7-8-14-20(19)26-15-16-28-23-25-21(17-9-3-1-4-10-17)22(27-23)18-11-5-2-6-12-18/h1-14H,15-16H2. The number of oxazole rings is 1. The molecule has 0 amide bonds. The lowest BCUT2D eigenvalue weighted by molar-refractivity contribution is 0.343. The van der Waals surface area contributed by atoms with Crippen LogP contribution in [0.25, 0.3) is 22.6 Å². The van der Waals surface area contributed by atoms with Crippen LogP contribution in [-0.2, 0) is 0 Å². The Morgan fingerprint density at radius 2 is 1.46 bits per heavy atom. The first-order valence-electron chi connectivity index (χ1n) is 8.93. The van der Waals surface area contributed by atoms with Crippen LogP contribution < -0.4 is 4.74 Å². The molecule has 0 N–H and O–H groups in total. The second-order valence-corrected chi connectivity index (χ2v) is 7.47. The first kappa shape index (κ1) is 18.7. The molecule has 0 saturated carbocycles. The van der Waals surface area contributed by atoms with Gasteiger partial charge in [-0.1, -0.05) is 96.2 Å². The molecule has 3 aromatic carbocycles. The number of benzene rings is 3. The normalized spacial score (nSPS) is 10.8. The summed E-state index contributed by atoms with van der Waals surface area (Å²) in [7, 11) is 0. The molecule has 0 saturated heterocycles. The maximum atomic E-state index is 6.12. The molecule has 28 heavy (non-hydrogen) atoms. The van der Waals surface area contributed by atoms with E-state index < -0.39 is 0 Å². The van der Waals surface area contributed by atoms with Crippen LogP contribution in [0.4, 0.5) is 0 Å². The van der Waals surface area contributed by atoms with Gasteiger partial charge in [0.05, 0.1) is 11.6 Å². The number of halogens is 1. The Labute approximate surface area is 173 Å². The van der Waals surface area contributed by atoms with Crippen LogP contribution >= 0.6 is 23.4 Å². The fourth-order valence-corrected chi connectivity index (χ4v) is 3.61. The van der Waals surface area contributed by atoms with Crippen molar-refractivity contribution < 1.29 is 9.15 Å². The summed E-state index contributed by atoms with van der Waals surface area (Å²) in [6.45, 7) is 0.512. The van der Waals surface area contributed by atoms with Crippen LogP contribution in [0.3, 0.4) is 0 Å². The van der Waals surface area contributed by atoms with Gasteiger partial charge in [-0.3, -0.25) is 0 Å². The summed E-state index contributed by atoms with van der Waals surface area (Å²) in [6, 6.07) is 27.6. The van der Waals surface area contributed by atoms with E-state index in [4.69, 9.17) is 25.7 Å². The fourth-order valence-electron chi connectivity index (χ4n) is 2.78. The molecule has 1 aromatic heterocycles. The molecular formula is C23H18ClNO2S. The van der Waals surface area contributed by atoms with Gasteiger partial charge in [0.15, 0.2) is 5.76 Å². The minimum atomic E-state index is 0.512. The van der Waals surface area contributed by atoms with Gasteiger partial charge in [0.2, 0.25) is 0 Å². The van der Waals surface area contributed by atoms with E-state index in [0.717, 1.165) is 22.6 Å². The molecule has 0 aliphatic rings. The number of thioether (sulfide) groups is 1. The molecule has 0 spiro atoms. The van der Waals surface area contributed by atoms with Gasteiger partial charge in [-0.15, -0.1) is 0 Å². The third-order valence-corrected chi connectivity index (χ3v) is 5.20. The zero-order valence-electron chi connectivity index (χ0n) is 15.0. The highest BCUT2D eigenvalue weighted by molar-refractivity contribution is 7.99. The van der Waals surface area contributed by atoms with Gasteiger partial charge in [-0.05, 0) is 12.1 Å². The van der Waals surface area contributed by atoms with Crippen LogP contribution in [0.2, 0.25) is 5.02 Å². The summed E-state index contributed by atoms with van der Waals surface area (Å²) in [5.41, 5.74) is 2.89. The maximum Gasteiger partial charge on any atom is 0.256 e. The van der Waals surface area contributed by atoms with Crippen molar-refractivity contribution in [2.75, 3.05) is 12.4 Å². The van der Waals surface area contributed by atoms with Crippen LogP contribution in [0.15, 0.2) is 94.6 Å². The Morgan fingerprint density at radius 1 is 0.821 bits per heavy atom. The zero-order valence-corrected chi connectivity index (χ0v) is 16.6. The van der Waals surface area contributed by atoms with E-state index in [9.17, 15) is 0 Å². The van der Waals surface area contributed by atoms with Crippen LogP contribution in [0.1, 0.15) is 0 Å². The Kier molecular flexibility index (Phi) is 6.00. The molecule has 0 atom stereocenters. The molecule has 3 nitrogen and oxygen atoms in total. The molecular weight excluding hydrogens is 390 g/mol. The summed E-state index contributed by atoms with van der Waals surface area (Å²) in [6.07, 6.45) is 0. The number of nitrogens with zero attached hydrogens (tertiary/aromatic N) is 1. The van der Waals surface area contributed by atoms with Gasteiger partial charge in [-0.25, -0.2) is 4.98 Å². The summed E-state index contributed by atoms with van der Waals surface area (Å²) in [5.74, 6) is 2.17. The largest absolute Gasteiger partial charge is 0.491 e. The van der Waals surface area contributed by atoms with Crippen molar-refractivity contribution in [1.29, 1.82) is 0 Å². The van der Waals surface area contributed by atoms with E-state index >= 15 is 0 Å². The molecule has 0 aliphatic heterocycles. The molecule has 0 fully saturated rings. The summed E-state index contributed by atoms with van der Waals surface area (Å²) in [4.78, 5) is 4.73. The highest BCUT2D eigenvalue weighted by Crippen LogP contribution is 2.35. The molecule has 5 heteroatoms. The number of rotatable bonds is 7. The van der Waals surface area contributed by atoms with Crippen LogP contribution in [0.5, 0.6) is 5.75 Å². The number of aromatic nitrogens is 1. The molecule has 0 aliphatic carbocycles. The second kappa shape index (κ2) is 9.00. The molecule has 4 aromatic rings. The Morgan fingerprint density at radius 3 is 2.18 bits per heavy atom. The lowest BCUT2D eigenvalue weighted by Gasteiger charge is -2.06. The summed E-state index contributed by atoms with van der Waals surface area (Å²) in [5, 5.41) is 1.24. The topological polar surface area (TPSA) is 35.3 Å². The maximum absolute atomic E-state index is 6.12. The van der Waals surface area contributed by atoms with Gasteiger partial charge in [0.1, 0.15) is 11.4 Å². The highest BCUT2D eigenvalue weighted by atomic mass is 35.5.